The number of phenolic OH excluding ortho intramolecular Hbond substituents is 4. The van der Waals surface area contributed by atoms with E-state index >= 15 is 0 Å². The highest BCUT2D eigenvalue weighted by Gasteiger charge is 2.25. The Balaban J connectivity index is 1.70. The standard InChI is InChI=1S/C27H30O4/c1-2-17-3-5-18(6-4-17)19-7-9-20(10-8-19)27(23-13-11-21(28)15-25(23)30)24-14-12-22(29)16-26(24)31/h7-18,27-31H,2-6H2,1H3. The van der Waals surface area contributed by atoms with Crippen molar-refractivity contribution in [3.05, 3.63) is 82.9 Å². The molecule has 4 nitrogen and oxygen atoms in total. The molecular formula is C27H30O4. The van der Waals surface area contributed by atoms with Crippen molar-refractivity contribution < 1.29 is 20.4 Å². The van der Waals surface area contributed by atoms with E-state index < -0.39 is 5.92 Å². The topological polar surface area (TPSA) is 80.9 Å². The van der Waals surface area contributed by atoms with Crippen molar-refractivity contribution in [3.63, 3.8) is 0 Å². The van der Waals surface area contributed by atoms with E-state index in [9.17, 15) is 20.4 Å². The van der Waals surface area contributed by atoms with Gasteiger partial charge < -0.3 is 20.4 Å². The van der Waals surface area contributed by atoms with E-state index in [2.05, 4.69) is 31.2 Å². The molecular weight excluding hydrogens is 388 g/mol. The van der Waals surface area contributed by atoms with E-state index in [-0.39, 0.29) is 23.0 Å². The van der Waals surface area contributed by atoms with Gasteiger partial charge in [-0.25, -0.2) is 0 Å². The minimum Gasteiger partial charge on any atom is -0.508 e. The zero-order valence-electron chi connectivity index (χ0n) is 17.8. The molecule has 3 aromatic rings. The molecule has 0 saturated heterocycles. The highest BCUT2D eigenvalue weighted by atomic mass is 16.3. The zero-order valence-corrected chi connectivity index (χ0v) is 17.8. The number of benzene rings is 3. The van der Waals surface area contributed by atoms with Gasteiger partial charge in [-0.05, 0) is 60.8 Å². The number of aromatic hydroxyl groups is 4. The molecule has 4 N–H and O–H groups in total. The lowest BCUT2D eigenvalue weighted by molar-refractivity contribution is 0.319. The first-order chi connectivity index (χ1) is 15.0. The Kier molecular flexibility index (Phi) is 6.08. The molecule has 0 amide bonds. The van der Waals surface area contributed by atoms with Crippen LogP contribution in [0.4, 0.5) is 0 Å². The SMILES string of the molecule is CCC1CCC(c2ccc(C(c3ccc(O)cc3O)c3ccc(O)cc3O)cc2)CC1. The molecule has 4 heteroatoms. The summed E-state index contributed by atoms with van der Waals surface area (Å²) in [5, 5.41) is 40.5. The molecule has 4 rings (SSSR count). The van der Waals surface area contributed by atoms with Crippen LogP contribution in [0.1, 0.15) is 73.1 Å². The fraction of sp³-hybridized carbons (Fsp3) is 0.333. The van der Waals surface area contributed by atoms with Gasteiger partial charge in [-0.1, -0.05) is 49.7 Å². The molecule has 1 saturated carbocycles. The van der Waals surface area contributed by atoms with Gasteiger partial charge in [-0.3, -0.25) is 0 Å². The van der Waals surface area contributed by atoms with Crippen LogP contribution in [-0.4, -0.2) is 20.4 Å². The van der Waals surface area contributed by atoms with Crippen molar-refractivity contribution in [1.82, 2.24) is 0 Å². The van der Waals surface area contributed by atoms with Crippen LogP contribution in [0, 0.1) is 5.92 Å². The highest BCUT2D eigenvalue weighted by Crippen LogP contribution is 2.43. The van der Waals surface area contributed by atoms with E-state index in [0.717, 1.165) is 11.5 Å². The summed E-state index contributed by atoms with van der Waals surface area (Å²) >= 11 is 0. The molecule has 31 heavy (non-hydrogen) atoms. The largest absolute Gasteiger partial charge is 0.508 e. The molecule has 0 spiro atoms. The first kappa shape index (κ1) is 21.1. The van der Waals surface area contributed by atoms with Crippen LogP contribution < -0.4 is 0 Å². The molecule has 0 aromatic heterocycles. The predicted octanol–water partition coefficient (Wildman–Crippen LogP) is 6.37. The van der Waals surface area contributed by atoms with Crippen molar-refractivity contribution in [2.75, 3.05) is 0 Å². The quantitative estimate of drug-likeness (QED) is 0.363. The van der Waals surface area contributed by atoms with Crippen LogP contribution in [-0.2, 0) is 0 Å². The molecule has 1 aliphatic carbocycles. The Hall–Kier alpha value is -3.14. The Labute approximate surface area is 183 Å². The molecule has 162 valence electrons. The smallest absolute Gasteiger partial charge is 0.123 e. The molecule has 0 radical (unpaired) electrons. The molecule has 0 unspecified atom stereocenters. The Bertz CT molecular complexity index is 982. The van der Waals surface area contributed by atoms with E-state index in [4.69, 9.17) is 0 Å². The second kappa shape index (κ2) is 8.93. The fourth-order valence-corrected chi connectivity index (χ4v) is 4.94. The minimum absolute atomic E-state index is 0.0204. The molecule has 1 fully saturated rings. The maximum Gasteiger partial charge on any atom is 0.123 e. The Morgan fingerprint density at radius 3 is 1.68 bits per heavy atom. The van der Waals surface area contributed by atoms with Gasteiger partial charge in [0, 0.05) is 29.2 Å². The van der Waals surface area contributed by atoms with Crippen molar-refractivity contribution in [2.45, 2.75) is 50.9 Å². The third kappa shape index (κ3) is 4.48. The van der Waals surface area contributed by atoms with Gasteiger partial charge in [0.25, 0.3) is 0 Å². The van der Waals surface area contributed by atoms with Gasteiger partial charge in [0.15, 0.2) is 0 Å². The number of phenols is 4. The molecule has 0 aliphatic heterocycles. The molecule has 1 aliphatic rings. The Morgan fingerprint density at radius 2 is 1.23 bits per heavy atom. The van der Waals surface area contributed by atoms with Crippen molar-refractivity contribution in [2.24, 2.45) is 5.92 Å². The molecule has 0 bridgehead atoms. The summed E-state index contributed by atoms with van der Waals surface area (Å²) in [4.78, 5) is 0. The summed E-state index contributed by atoms with van der Waals surface area (Å²) in [6, 6.07) is 17.4. The first-order valence-corrected chi connectivity index (χ1v) is 11.1. The predicted molar refractivity (Wildman–Crippen MR) is 122 cm³/mol. The average molecular weight is 419 g/mol. The summed E-state index contributed by atoms with van der Waals surface area (Å²) < 4.78 is 0. The van der Waals surface area contributed by atoms with Crippen LogP contribution >= 0.6 is 0 Å². The normalized spacial score (nSPS) is 18.9. The van der Waals surface area contributed by atoms with Gasteiger partial charge in [-0.2, -0.15) is 0 Å². The van der Waals surface area contributed by atoms with Crippen molar-refractivity contribution in [3.8, 4) is 23.0 Å². The van der Waals surface area contributed by atoms with Crippen LogP contribution in [0.15, 0.2) is 60.7 Å². The lowest BCUT2D eigenvalue weighted by Crippen LogP contribution is -2.12. The van der Waals surface area contributed by atoms with Gasteiger partial charge in [0.2, 0.25) is 0 Å². The summed E-state index contributed by atoms with van der Waals surface area (Å²) in [6.07, 6.45) is 6.28. The second-order valence-electron chi connectivity index (χ2n) is 8.71. The summed E-state index contributed by atoms with van der Waals surface area (Å²) in [5.41, 5.74) is 3.42. The Morgan fingerprint density at radius 1 is 0.710 bits per heavy atom. The van der Waals surface area contributed by atoms with Crippen LogP contribution in [0.3, 0.4) is 0 Å². The monoisotopic (exact) mass is 418 g/mol. The van der Waals surface area contributed by atoms with E-state index in [0.29, 0.717) is 17.0 Å². The van der Waals surface area contributed by atoms with Crippen LogP contribution in [0.25, 0.3) is 0 Å². The van der Waals surface area contributed by atoms with E-state index in [1.807, 2.05) is 0 Å². The number of hydrogen-bond donors (Lipinski definition) is 4. The average Bonchev–Trinajstić information content (AvgIpc) is 2.77. The van der Waals surface area contributed by atoms with Crippen LogP contribution in [0.2, 0.25) is 0 Å². The molecule has 0 atom stereocenters. The van der Waals surface area contributed by atoms with Crippen LogP contribution in [0.5, 0.6) is 23.0 Å². The maximum atomic E-state index is 10.5. The minimum atomic E-state index is -0.439. The second-order valence-corrected chi connectivity index (χ2v) is 8.71. The maximum absolute atomic E-state index is 10.5. The van der Waals surface area contributed by atoms with Gasteiger partial charge in [-0.15, -0.1) is 0 Å². The lowest BCUT2D eigenvalue weighted by Gasteiger charge is -2.28. The number of rotatable bonds is 5. The lowest BCUT2D eigenvalue weighted by atomic mass is 9.77. The van der Waals surface area contributed by atoms with Gasteiger partial charge >= 0.3 is 0 Å². The first-order valence-electron chi connectivity index (χ1n) is 11.1. The third-order valence-corrected chi connectivity index (χ3v) is 6.82. The van der Waals surface area contributed by atoms with Crippen molar-refractivity contribution in [1.29, 1.82) is 0 Å². The van der Waals surface area contributed by atoms with Gasteiger partial charge in [0.1, 0.15) is 23.0 Å². The fourth-order valence-electron chi connectivity index (χ4n) is 4.94. The zero-order chi connectivity index (χ0) is 22.0. The number of hydrogen-bond acceptors (Lipinski definition) is 4. The van der Waals surface area contributed by atoms with E-state index in [1.165, 1.54) is 61.9 Å². The highest BCUT2D eigenvalue weighted by molar-refractivity contribution is 5.55. The summed E-state index contributed by atoms with van der Waals surface area (Å²) in [7, 11) is 0. The molecule has 3 aromatic carbocycles. The van der Waals surface area contributed by atoms with Gasteiger partial charge in [0.05, 0.1) is 0 Å². The van der Waals surface area contributed by atoms with E-state index in [1.54, 1.807) is 12.1 Å². The van der Waals surface area contributed by atoms with Crippen molar-refractivity contribution >= 4 is 0 Å². The third-order valence-electron chi connectivity index (χ3n) is 6.82. The summed E-state index contributed by atoms with van der Waals surface area (Å²) in [5.74, 6) is 0.875. The molecule has 0 heterocycles. The summed E-state index contributed by atoms with van der Waals surface area (Å²) in [6.45, 7) is 2.28.